The number of rotatable bonds is 5. The average Bonchev–Trinajstić information content (AvgIpc) is 1.98. The van der Waals surface area contributed by atoms with Crippen LogP contribution in [0, 0.1) is 0 Å². The molecule has 0 N–H and O–H groups in total. The molecule has 0 saturated heterocycles. The van der Waals surface area contributed by atoms with Gasteiger partial charge in [-0.15, -0.1) is 0 Å². The SMILES string of the molecule is C=CC(=O)SCCCCC. The van der Waals surface area contributed by atoms with Crippen molar-refractivity contribution in [1.29, 1.82) is 0 Å². The first kappa shape index (κ1) is 9.76. The molecule has 0 fully saturated rings. The minimum Gasteiger partial charge on any atom is -0.282 e. The molecular formula is C8H14OS. The van der Waals surface area contributed by atoms with E-state index in [1.54, 1.807) is 0 Å². The summed E-state index contributed by atoms with van der Waals surface area (Å²) in [6.07, 6.45) is 4.94. The van der Waals surface area contributed by atoms with Crippen LogP contribution >= 0.6 is 11.8 Å². The standard InChI is InChI=1S/C8H14OS/c1-3-5-6-7-10-8(9)4-2/h4H,2-3,5-7H2,1H3. The smallest absolute Gasteiger partial charge is 0.211 e. The molecule has 10 heavy (non-hydrogen) atoms. The fourth-order valence-electron chi connectivity index (χ4n) is 0.584. The molecule has 0 bridgehead atoms. The third-order valence-corrected chi connectivity index (χ3v) is 2.10. The van der Waals surface area contributed by atoms with Crippen LogP contribution in [-0.2, 0) is 4.79 Å². The highest BCUT2D eigenvalue weighted by atomic mass is 32.2. The quantitative estimate of drug-likeness (QED) is 0.452. The Kier molecular flexibility index (Phi) is 6.71. The maximum atomic E-state index is 10.6. The second kappa shape index (κ2) is 6.87. The molecule has 0 aromatic rings. The van der Waals surface area contributed by atoms with E-state index in [1.165, 1.54) is 30.7 Å². The predicted molar refractivity (Wildman–Crippen MR) is 47.2 cm³/mol. The van der Waals surface area contributed by atoms with Gasteiger partial charge < -0.3 is 0 Å². The zero-order valence-electron chi connectivity index (χ0n) is 6.43. The van der Waals surface area contributed by atoms with E-state index in [0.717, 1.165) is 12.2 Å². The molecule has 0 heterocycles. The number of hydrogen-bond donors (Lipinski definition) is 0. The summed E-state index contributed by atoms with van der Waals surface area (Å²) in [4.78, 5) is 10.6. The van der Waals surface area contributed by atoms with Crippen LogP contribution in [0.2, 0.25) is 0 Å². The lowest BCUT2D eigenvalue weighted by molar-refractivity contribution is -0.107. The summed E-state index contributed by atoms with van der Waals surface area (Å²) in [5.74, 6) is 0.943. The van der Waals surface area contributed by atoms with Crippen LogP contribution in [0.5, 0.6) is 0 Å². The first-order chi connectivity index (χ1) is 4.81. The van der Waals surface area contributed by atoms with Crippen molar-refractivity contribution in [3.05, 3.63) is 12.7 Å². The van der Waals surface area contributed by atoms with Crippen LogP contribution in [0.1, 0.15) is 26.2 Å². The lowest BCUT2D eigenvalue weighted by Crippen LogP contribution is -1.86. The monoisotopic (exact) mass is 158 g/mol. The number of thioether (sulfide) groups is 1. The summed E-state index contributed by atoms with van der Waals surface area (Å²) in [5.41, 5.74) is 0. The van der Waals surface area contributed by atoms with E-state index in [1.807, 2.05) is 0 Å². The van der Waals surface area contributed by atoms with Gasteiger partial charge in [-0.25, -0.2) is 0 Å². The van der Waals surface area contributed by atoms with Gasteiger partial charge in [0.1, 0.15) is 0 Å². The number of unbranched alkanes of at least 4 members (excludes halogenated alkanes) is 2. The minimum atomic E-state index is 0.0936. The molecule has 2 heteroatoms. The Balaban J connectivity index is 3.03. The van der Waals surface area contributed by atoms with Gasteiger partial charge in [0.15, 0.2) is 0 Å². The minimum absolute atomic E-state index is 0.0936. The molecule has 0 aromatic carbocycles. The van der Waals surface area contributed by atoms with Gasteiger partial charge in [0.2, 0.25) is 5.12 Å². The molecule has 1 nitrogen and oxygen atoms in total. The van der Waals surface area contributed by atoms with E-state index in [4.69, 9.17) is 0 Å². The highest BCUT2D eigenvalue weighted by molar-refractivity contribution is 8.14. The van der Waals surface area contributed by atoms with Gasteiger partial charge in [0.25, 0.3) is 0 Å². The predicted octanol–water partition coefficient (Wildman–Crippen LogP) is 2.62. The van der Waals surface area contributed by atoms with E-state index in [9.17, 15) is 4.79 Å². The van der Waals surface area contributed by atoms with Crippen molar-refractivity contribution in [2.75, 3.05) is 5.75 Å². The number of carbonyl (C=O) groups excluding carboxylic acids is 1. The fourth-order valence-corrected chi connectivity index (χ4v) is 1.25. The van der Waals surface area contributed by atoms with E-state index >= 15 is 0 Å². The van der Waals surface area contributed by atoms with Crippen LogP contribution in [0.15, 0.2) is 12.7 Å². The highest BCUT2D eigenvalue weighted by Crippen LogP contribution is 2.07. The summed E-state index contributed by atoms with van der Waals surface area (Å²) in [5, 5.41) is 0.0936. The van der Waals surface area contributed by atoms with Crippen LogP contribution < -0.4 is 0 Å². The Morgan fingerprint density at radius 2 is 2.30 bits per heavy atom. The van der Waals surface area contributed by atoms with Gasteiger partial charge in [0, 0.05) is 5.75 Å². The molecule has 0 saturated carbocycles. The van der Waals surface area contributed by atoms with Crippen molar-refractivity contribution in [3.8, 4) is 0 Å². The zero-order chi connectivity index (χ0) is 7.82. The zero-order valence-corrected chi connectivity index (χ0v) is 7.25. The lowest BCUT2D eigenvalue weighted by atomic mass is 10.3. The first-order valence-corrected chi connectivity index (χ1v) is 4.59. The Hall–Kier alpha value is -0.240. The molecule has 0 spiro atoms. The second-order valence-electron chi connectivity index (χ2n) is 2.08. The van der Waals surface area contributed by atoms with E-state index in [0.29, 0.717) is 0 Å². The summed E-state index contributed by atoms with van der Waals surface area (Å²) >= 11 is 1.36. The van der Waals surface area contributed by atoms with E-state index in [-0.39, 0.29) is 5.12 Å². The normalized spacial score (nSPS) is 9.30. The molecule has 58 valence electrons. The molecule has 0 radical (unpaired) electrons. The van der Waals surface area contributed by atoms with Gasteiger partial charge in [-0.1, -0.05) is 38.1 Å². The van der Waals surface area contributed by atoms with Crippen molar-refractivity contribution in [1.82, 2.24) is 0 Å². The molecule has 0 amide bonds. The van der Waals surface area contributed by atoms with Gasteiger partial charge in [0.05, 0.1) is 0 Å². The summed E-state index contributed by atoms with van der Waals surface area (Å²) in [6.45, 7) is 5.54. The van der Waals surface area contributed by atoms with Crippen LogP contribution in [0.3, 0.4) is 0 Å². The Morgan fingerprint density at radius 1 is 1.60 bits per heavy atom. The van der Waals surface area contributed by atoms with Crippen LogP contribution in [0.25, 0.3) is 0 Å². The molecule has 0 rings (SSSR count). The van der Waals surface area contributed by atoms with Crippen molar-refractivity contribution in [3.63, 3.8) is 0 Å². The van der Waals surface area contributed by atoms with Gasteiger partial charge in [-0.2, -0.15) is 0 Å². The van der Waals surface area contributed by atoms with Gasteiger partial charge in [-0.3, -0.25) is 4.79 Å². The second-order valence-corrected chi connectivity index (χ2v) is 3.18. The van der Waals surface area contributed by atoms with Crippen molar-refractivity contribution in [2.45, 2.75) is 26.2 Å². The summed E-state index contributed by atoms with van der Waals surface area (Å²) in [6, 6.07) is 0. The molecule has 0 unspecified atom stereocenters. The maximum absolute atomic E-state index is 10.6. The molecular weight excluding hydrogens is 144 g/mol. The Morgan fingerprint density at radius 3 is 2.80 bits per heavy atom. The van der Waals surface area contributed by atoms with Gasteiger partial charge in [-0.05, 0) is 12.5 Å². The van der Waals surface area contributed by atoms with Crippen molar-refractivity contribution < 1.29 is 4.79 Å². The molecule has 0 aromatic heterocycles. The Labute approximate surface area is 66.9 Å². The number of hydrogen-bond acceptors (Lipinski definition) is 2. The van der Waals surface area contributed by atoms with E-state index in [2.05, 4.69) is 13.5 Å². The highest BCUT2D eigenvalue weighted by Gasteiger charge is 1.93. The topological polar surface area (TPSA) is 17.1 Å². The summed E-state index contributed by atoms with van der Waals surface area (Å²) in [7, 11) is 0. The number of carbonyl (C=O) groups is 1. The van der Waals surface area contributed by atoms with E-state index < -0.39 is 0 Å². The third kappa shape index (κ3) is 5.89. The largest absolute Gasteiger partial charge is 0.282 e. The fraction of sp³-hybridized carbons (Fsp3) is 0.625. The van der Waals surface area contributed by atoms with Crippen LogP contribution in [0.4, 0.5) is 0 Å². The van der Waals surface area contributed by atoms with Gasteiger partial charge >= 0.3 is 0 Å². The maximum Gasteiger partial charge on any atom is 0.211 e. The molecule has 0 aliphatic carbocycles. The molecule has 0 aliphatic rings. The molecule has 0 aliphatic heterocycles. The third-order valence-electron chi connectivity index (χ3n) is 1.16. The van der Waals surface area contributed by atoms with Crippen molar-refractivity contribution in [2.24, 2.45) is 0 Å². The van der Waals surface area contributed by atoms with Crippen LogP contribution in [-0.4, -0.2) is 10.9 Å². The Bertz CT molecular complexity index is 110. The summed E-state index contributed by atoms with van der Waals surface area (Å²) < 4.78 is 0. The first-order valence-electron chi connectivity index (χ1n) is 3.60. The van der Waals surface area contributed by atoms with Crippen molar-refractivity contribution >= 4 is 16.9 Å². The molecule has 0 atom stereocenters. The average molecular weight is 158 g/mol. The lowest BCUT2D eigenvalue weighted by Gasteiger charge is -1.94.